The molecule has 1 N–H and O–H groups in total. The van der Waals surface area contributed by atoms with E-state index in [4.69, 9.17) is 11.6 Å². The highest BCUT2D eigenvalue weighted by Gasteiger charge is 2.31. The minimum Gasteiger partial charge on any atom is -0.370 e. The number of carbonyl (C=O) groups is 1. The van der Waals surface area contributed by atoms with E-state index >= 15 is 0 Å². The molecule has 2 aromatic rings. The molecule has 0 radical (unpaired) electrons. The van der Waals surface area contributed by atoms with Gasteiger partial charge in [-0.25, -0.2) is 8.42 Å². The summed E-state index contributed by atoms with van der Waals surface area (Å²) >= 11 is 6.05. The van der Waals surface area contributed by atoms with Gasteiger partial charge in [0, 0.05) is 25.0 Å². The third-order valence-electron chi connectivity index (χ3n) is 4.26. The van der Waals surface area contributed by atoms with Crippen LogP contribution >= 0.6 is 11.6 Å². The Labute approximate surface area is 151 Å². The van der Waals surface area contributed by atoms with Crippen LogP contribution in [0.25, 0.3) is 0 Å². The molecule has 0 spiro atoms. The summed E-state index contributed by atoms with van der Waals surface area (Å²) in [5.74, 6) is -0.0395. The smallest absolute Gasteiger partial charge is 0.274 e. The van der Waals surface area contributed by atoms with Crippen LogP contribution in [-0.4, -0.2) is 43.9 Å². The number of benzene rings is 1. The lowest BCUT2D eigenvalue weighted by molar-refractivity contribution is 0.102. The van der Waals surface area contributed by atoms with Crippen LogP contribution in [0, 0.1) is 0 Å². The Kier molecular flexibility index (Phi) is 4.96. The van der Waals surface area contributed by atoms with Gasteiger partial charge in [-0.3, -0.25) is 9.78 Å². The molecule has 0 aliphatic carbocycles. The van der Waals surface area contributed by atoms with E-state index in [9.17, 15) is 13.2 Å². The Morgan fingerprint density at radius 3 is 2.76 bits per heavy atom. The van der Waals surface area contributed by atoms with E-state index < -0.39 is 9.84 Å². The van der Waals surface area contributed by atoms with Crippen molar-refractivity contribution in [2.45, 2.75) is 12.5 Å². The summed E-state index contributed by atoms with van der Waals surface area (Å²) in [5, 5.41) is 3.17. The molecule has 1 aliphatic heterocycles. The van der Waals surface area contributed by atoms with Gasteiger partial charge in [-0.1, -0.05) is 23.7 Å². The van der Waals surface area contributed by atoms with Gasteiger partial charge in [0.15, 0.2) is 9.84 Å². The number of anilines is 2. The maximum atomic E-state index is 12.4. The third kappa shape index (κ3) is 4.11. The molecule has 8 heteroatoms. The quantitative estimate of drug-likeness (QED) is 0.883. The number of hydrogen-bond donors (Lipinski definition) is 1. The molecule has 0 saturated carbocycles. The zero-order chi connectivity index (χ0) is 18.0. The maximum Gasteiger partial charge on any atom is 0.274 e. The Morgan fingerprint density at radius 2 is 2.08 bits per heavy atom. The lowest BCUT2D eigenvalue weighted by Crippen LogP contribution is -2.32. The van der Waals surface area contributed by atoms with Crippen molar-refractivity contribution in [2.75, 3.05) is 28.8 Å². The zero-order valence-corrected chi connectivity index (χ0v) is 15.2. The summed E-state index contributed by atoms with van der Waals surface area (Å²) in [6, 6.07) is 10.3. The number of hydrogen-bond acceptors (Lipinski definition) is 5. The lowest BCUT2D eigenvalue weighted by Gasteiger charge is -2.25. The Morgan fingerprint density at radius 1 is 1.32 bits per heavy atom. The van der Waals surface area contributed by atoms with Crippen LogP contribution in [0.2, 0.25) is 5.02 Å². The van der Waals surface area contributed by atoms with Crippen LogP contribution in [0.5, 0.6) is 0 Å². The highest BCUT2D eigenvalue weighted by atomic mass is 35.5. The Balaban J connectivity index is 1.77. The second-order valence-corrected chi connectivity index (χ2v) is 8.64. The molecular formula is C17H18ClN3O3S. The molecule has 0 bridgehead atoms. The first-order chi connectivity index (χ1) is 11.9. The number of nitrogens with one attached hydrogen (secondary N) is 1. The molecule has 2 heterocycles. The molecule has 132 valence electrons. The van der Waals surface area contributed by atoms with Gasteiger partial charge in [0.05, 0.1) is 22.2 Å². The van der Waals surface area contributed by atoms with Crippen molar-refractivity contribution in [1.29, 1.82) is 0 Å². The Hall–Kier alpha value is -2.12. The van der Waals surface area contributed by atoms with Gasteiger partial charge in [0.2, 0.25) is 0 Å². The standard InChI is InChI=1S/C17H18ClN3O3S/c1-21(13-7-9-25(23,24)11-13)12-6-8-19-16(10-12)17(22)20-15-5-3-2-4-14(15)18/h2-6,8,10,13H,7,9,11H2,1H3,(H,20,22). The third-order valence-corrected chi connectivity index (χ3v) is 6.34. The van der Waals surface area contributed by atoms with E-state index in [0.29, 0.717) is 17.1 Å². The minimum atomic E-state index is -2.97. The molecule has 1 fully saturated rings. The molecule has 1 aromatic carbocycles. The van der Waals surface area contributed by atoms with Gasteiger partial charge in [0.1, 0.15) is 5.69 Å². The first-order valence-corrected chi connectivity index (χ1v) is 10.0. The SMILES string of the molecule is CN(c1ccnc(C(=O)Nc2ccccc2Cl)c1)C1CCS(=O)(=O)C1. The van der Waals surface area contributed by atoms with E-state index in [1.54, 1.807) is 36.4 Å². The first-order valence-electron chi connectivity index (χ1n) is 7.81. The fourth-order valence-corrected chi connectivity index (χ4v) is 4.76. The lowest BCUT2D eigenvalue weighted by atomic mass is 10.2. The van der Waals surface area contributed by atoms with Crippen LogP contribution in [0.15, 0.2) is 42.6 Å². The molecular weight excluding hydrogens is 362 g/mol. The number of amides is 1. The number of aromatic nitrogens is 1. The van der Waals surface area contributed by atoms with Crippen molar-refractivity contribution in [1.82, 2.24) is 4.98 Å². The van der Waals surface area contributed by atoms with Crippen molar-refractivity contribution in [3.63, 3.8) is 0 Å². The topological polar surface area (TPSA) is 79.4 Å². The van der Waals surface area contributed by atoms with Crippen molar-refractivity contribution in [3.8, 4) is 0 Å². The second kappa shape index (κ2) is 7.01. The van der Waals surface area contributed by atoms with Crippen LogP contribution in [-0.2, 0) is 9.84 Å². The normalized spacial score (nSPS) is 18.7. The predicted molar refractivity (Wildman–Crippen MR) is 99.1 cm³/mol. The second-order valence-electron chi connectivity index (χ2n) is 6.00. The maximum absolute atomic E-state index is 12.4. The van der Waals surface area contributed by atoms with Gasteiger partial charge in [-0.2, -0.15) is 0 Å². The van der Waals surface area contributed by atoms with E-state index in [-0.39, 0.29) is 29.1 Å². The highest BCUT2D eigenvalue weighted by molar-refractivity contribution is 7.91. The molecule has 1 amide bonds. The zero-order valence-electron chi connectivity index (χ0n) is 13.6. The van der Waals surface area contributed by atoms with Crippen LogP contribution in [0.3, 0.4) is 0 Å². The molecule has 1 saturated heterocycles. The van der Waals surface area contributed by atoms with Crippen LogP contribution < -0.4 is 10.2 Å². The molecule has 1 unspecified atom stereocenters. The molecule has 3 rings (SSSR count). The van der Waals surface area contributed by atoms with E-state index in [1.807, 2.05) is 11.9 Å². The first kappa shape index (κ1) is 17.7. The van der Waals surface area contributed by atoms with Crippen molar-refractivity contribution in [3.05, 3.63) is 53.3 Å². The fourth-order valence-electron chi connectivity index (χ4n) is 2.80. The number of rotatable bonds is 4. The number of carbonyl (C=O) groups excluding carboxylic acids is 1. The fraction of sp³-hybridized carbons (Fsp3) is 0.294. The number of nitrogens with zero attached hydrogens (tertiary/aromatic N) is 2. The summed E-state index contributed by atoms with van der Waals surface area (Å²) in [7, 11) is -1.14. The van der Waals surface area contributed by atoms with Gasteiger partial charge in [-0.15, -0.1) is 0 Å². The van der Waals surface area contributed by atoms with E-state index in [1.165, 1.54) is 6.20 Å². The summed E-state index contributed by atoms with van der Waals surface area (Å²) < 4.78 is 23.3. The van der Waals surface area contributed by atoms with Crippen molar-refractivity contribution in [2.24, 2.45) is 0 Å². The van der Waals surface area contributed by atoms with Crippen molar-refractivity contribution < 1.29 is 13.2 Å². The van der Waals surface area contributed by atoms with Crippen LogP contribution in [0.1, 0.15) is 16.9 Å². The van der Waals surface area contributed by atoms with Gasteiger partial charge in [0.25, 0.3) is 5.91 Å². The number of para-hydroxylation sites is 1. The van der Waals surface area contributed by atoms with E-state index in [2.05, 4.69) is 10.3 Å². The molecule has 6 nitrogen and oxygen atoms in total. The summed E-state index contributed by atoms with van der Waals surface area (Å²) in [5.41, 5.74) is 1.50. The monoisotopic (exact) mass is 379 g/mol. The van der Waals surface area contributed by atoms with Gasteiger partial charge >= 0.3 is 0 Å². The molecule has 1 aliphatic rings. The van der Waals surface area contributed by atoms with Crippen molar-refractivity contribution >= 4 is 38.7 Å². The number of halogens is 1. The highest BCUT2D eigenvalue weighted by Crippen LogP contribution is 2.24. The largest absolute Gasteiger partial charge is 0.370 e. The van der Waals surface area contributed by atoms with Crippen LogP contribution in [0.4, 0.5) is 11.4 Å². The van der Waals surface area contributed by atoms with Gasteiger partial charge in [-0.05, 0) is 30.7 Å². The Bertz CT molecular complexity index is 902. The average Bonchev–Trinajstić information content (AvgIpc) is 2.96. The van der Waals surface area contributed by atoms with E-state index in [0.717, 1.165) is 5.69 Å². The average molecular weight is 380 g/mol. The van der Waals surface area contributed by atoms with Gasteiger partial charge < -0.3 is 10.2 Å². The predicted octanol–water partition coefficient (Wildman–Crippen LogP) is 2.61. The summed E-state index contributed by atoms with van der Waals surface area (Å²) in [6.45, 7) is 0. The summed E-state index contributed by atoms with van der Waals surface area (Å²) in [4.78, 5) is 18.4. The number of pyridine rings is 1. The number of sulfone groups is 1. The minimum absolute atomic E-state index is 0.0909. The molecule has 25 heavy (non-hydrogen) atoms. The summed E-state index contributed by atoms with van der Waals surface area (Å²) in [6.07, 6.45) is 2.12. The molecule has 1 aromatic heterocycles. The molecule has 1 atom stereocenters.